The molecule has 2 aromatic carbocycles. The maximum absolute atomic E-state index is 12.7. The van der Waals surface area contributed by atoms with E-state index in [4.69, 9.17) is 4.74 Å². The zero-order valence-electron chi connectivity index (χ0n) is 16.9. The molecule has 0 radical (unpaired) electrons. The minimum absolute atomic E-state index is 0.111. The second kappa shape index (κ2) is 8.63. The van der Waals surface area contributed by atoms with Gasteiger partial charge in [-0.25, -0.2) is 9.48 Å². The van der Waals surface area contributed by atoms with Crippen LogP contribution in [0.1, 0.15) is 51.9 Å². The van der Waals surface area contributed by atoms with Crippen molar-refractivity contribution in [3.63, 3.8) is 0 Å². The summed E-state index contributed by atoms with van der Waals surface area (Å²) in [5, 5.41) is 5.53. The van der Waals surface area contributed by atoms with E-state index < -0.39 is 5.97 Å². The summed E-state index contributed by atoms with van der Waals surface area (Å²) in [7, 11) is 0. The number of para-hydroxylation sites is 1. The van der Waals surface area contributed by atoms with Crippen LogP contribution in [0.4, 0.5) is 0 Å². The Bertz CT molecular complexity index is 1190. The molecule has 0 atom stereocenters. The van der Waals surface area contributed by atoms with Gasteiger partial charge in [-0.2, -0.15) is 5.10 Å². The summed E-state index contributed by atoms with van der Waals surface area (Å²) in [6, 6.07) is 18.4. The zero-order chi connectivity index (χ0) is 21.1. The highest BCUT2D eigenvalue weighted by Crippen LogP contribution is 2.31. The number of fused-ring (bicyclic) bond motifs is 1. The molecule has 4 rings (SSSR count). The van der Waals surface area contributed by atoms with E-state index in [0.717, 1.165) is 34.4 Å². The highest BCUT2D eigenvalue weighted by Gasteiger charge is 2.18. The van der Waals surface area contributed by atoms with Gasteiger partial charge in [-0.15, -0.1) is 11.3 Å². The number of hydrogen-bond donors (Lipinski definition) is 0. The third-order valence-corrected chi connectivity index (χ3v) is 5.98. The van der Waals surface area contributed by atoms with Crippen molar-refractivity contribution in [3.05, 3.63) is 76.8 Å². The lowest BCUT2D eigenvalue weighted by Crippen LogP contribution is -2.07. The lowest BCUT2D eigenvalue weighted by Gasteiger charge is -2.05. The first kappa shape index (κ1) is 20.0. The number of thiophene rings is 1. The van der Waals surface area contributed by atoms with Gasteiger partial charge in [0, 0.05) is 17.4 Å². The second-order valence-corrected chi connectivity index (χ2v) is 8.13. The molecule has 0 saturated carbocycles. The molecular weight excluding hydrogens is 396 g/mol. The average Bonchev–Trinajstić information content (AvgIpc) is 3.34. The Labute approximate surface area is 178 Å². The SMILES string of the molecule is CCCCC(=O)c1ccc(OC(=O)c2cc3c(C)nn(-c4ccccc4)c3s2)cc1. The van der Waals surface area contributed by atoms with Crippen LogP contribution in [0.2, 0.25) is 0 Å². The standard InChI is InChI=1S/C24H22N2O3S/c1-3-4-10-21(27)17-11-13-19(14-12-17)29-24(28)22-15-20-16(2)25-26(23(20)30-22)18-8-6-5-7-9-18/h5-9,11-15H,3-4,10H2,1-2H3. The number of carbonyl (C=O) groups excluding carboxylic acids is 2. The third kappa shape index (κ3) is 4.04. The molecule has 6 heteroatoms. The van der Waals surface area contributed by atoms with E-state index in [2.05, 4.69) is 12.0 Å². The van der Waals surface area contributed by atoms with E-state index in [1.165, 1.54) is 11.3 Å². The van der Waals surface area contributed by atoms with Crippen molar-refractivity contribution in [2.45, 2.75) is 33.1 Å². The fraction of sp³-hybridized carbons (Fsp3) is 0.208. The topological polar surface area (TPSA) is 61.2 Å². The summed E-state index contributed by atoms with van der Waals surface area (Å²) < 4.78 is 7.38. The first-order valence-corrected chi connectivity index (χ1v) is 10.8. The molecule has 0 N–H and O–H groups in total. The smallest absolute Gasteiger partial charge is 0.353 e. The number of ether oxygens (including phenoxy) is 1. The summed E-state index contributed by atoms with van der Waals surface area (Å²) in [5.41, 5.74) is 2.45. The first-order valence-electron chi connectivity index (χ1n) is 9.97. The minimum atomic E-state index is -0.416. The molecule has 0 aliphatic carbocycles. The van der Waals surface area contributed by atoms with Crippen LogP contribution >= 0.6 is 11.3 Å². The van der Waals surface area contributed by atoms with Gasteiger partial charge in [-0.1, -0.05) is 31.5 Å². The molecule has 152 valence electrons. The van der Waals surface area contributed by atoms with E-state index in [9.17, 15) is 9.59 Å². The number of carbonyl (C=O) groups is 2. The molecule has 0 fully saturated rings. The number of unbranched alkanes of at least 4 members (excludes halogenated alkanes) is 1. The number of nitrogens with zero attached hydrogens (tertiary/aromatic N) is 2. The maximum atomic E-state index is 12.7. The van der Waals surface area contributed by atoms with Gasteiger partial charge in [0.1, 0.15) is 15.5 Å². The highest BCUT2D eigenvalue weighted by atomic mass is 32.1. The number of aryl methyl sites for hydroxylation is 1. The van der Waals surface area contributed by atoms with Gasteiger partial charge in [-0.3, -0.25) is 4.79 Å². The minimum Gasteiger partial charge on any atom is -0.422 e. The van der Waals surface area contributed by atoms with Gasteiger partial charge >= 0.3 is 5.97 Å². The van der Waals surface area contributed by atoms with Crippen molar-refractivity contribution in [1.82, 2.24) is 9.78 Å². The quantitative estimate of drug-likeness (QED) is 0.210. The van der Waals surface area contributed by atoms with Crippen LogP contribution in [0.5, 0.6) is 5.75 Å². The van der Waals surface area contributed by atoms with Gasteiger partial charge in [0.2, 0.25) is 0 Å². The predicted octanol–water partition coefficient (Wildman–Crippen LogP) is 5.99. The normalized spacial score (nSPS) is 11.0. The molecule has 0 aliphatic rings. The van der Waals surface area contributed by atoms with Crippen LogP contribution in [-0.4, -0.2) is 21.5 Å². The maximum Gasteiger partial charge on any atom is 0.353 e. The van der Waals surface area contributed by atoms with Gasteiger partial charge in [-0.05, 0) is 55.8 Å². The van der Waals surface area contributed by atoms with Crippen LogP contribution in [0.25, 0.3) is 15.9 Å². The largest absolute Gasteiger partial charge is 0.422 e. The second-order valence-electron chi connectivity index (χ2n) is 7.10. The molecule has 5 nitrogen and oxygen atoms in total. The van der Waals surface area contributed by atoms with Crippen LogP contribution in [0.15, 0.2) is 60.7 Å². The van der Waals surface area contributed by atoms with Crippen molar-refractivity contribution in [1.29, 1.82) is 0 Å². The van der Waals surface area contributed by atoms with Crippen molar-refractivity contribution >= 4 is 33.3 Å². The molecule has 0 aliphatic heterocycles. The first-order chi connectivity index (χ1) is 14.6. The third-order valence-electron chi connectivity index (χ3n) is 4.89. The summed E-state index contributed by atoms with van der Waals surface area (Å²) in [6.45, 7) is 3.99. The van der Waals surface area contributed by atoms with Crippen LogP contribution in [-0.2, 0) is 0 Å². The summed E-state index contributed by atoms with van der Waals surface area (Å²) in [4.78, 5) is 26.2. The Morgan fingerprint density at radius 1 is 1.07 bits per heavy atom. The summed E-state index contributed by atoms with van der Waals surface area (Å²) >= 11 is 1.36. The van der Waals surface area contributed by atoms with Crippen molar-refractivity contribution in [2.75, 3.05) is 0 Å². The van der Waals surface area contributed by atoms with Crippen molar-refractivity contribution in [2.24, 2.45) is 0 Å². The molecule has 2 aromatic heterocycles. The lowest BCUT2D eigenvalue weighted by molar-refractivity contribution is 0.0740. The molecule has 30 heavy (non-hydrogen) atoms. The van der Waals surface area contributed by atoms with E-state index in [-0.39, 0.29) is 5.78 Å². The Hall–Kier alpha value is -3.25. The Balaban J connectivity index is 1.53. The molecule has 2 heterocycles. The predicted molar refractivity (Wildman–Crippen MR) is 119 cm³/mol. The summed E-state index contributed by atoms with van der Waals surface area (Å²) in [6.07, 6.45) is 2.40. The van der Waals surface area contributed by atoms with Crippen LogP contribution < -0.4 is 4.74 Å². The van der Waals surface area contributed by atoms with Crippen LogP contribution in [0.3, 0.4) is 0 Å². The molecule has 0 amide bonds. The molecule has 0 saturated heterocycles. The van der Waals surface area contributed by atoms with Gasteiger partial charge in [0.25, 0.3) is 0 Å². The zero-order valence-corrected chi connectivity index (χ0v) is 17.7. The molecule has 0 spiro atoms. The summed E-state index contributed by atoms with van der Waals surface area (Å²) in [5.74, 6) is 0.117. The fourth-order valence-corrected chi connectivity index (χ4v) is 4.30. The molecule has 0 unspecified atom stereocenters. The van der Waals surface area contributed by atoms with Crippen molar-refractivity contribution in [3.8, 4) is 11.4 Å². The van der Waals surface area contributed by atoms with E-state index in [1.54, 1.807) is 24.3 Å². The van der Waals surface area contributed by atoms with Crippen LogP contribution in [0, 0.1) is 6.92 Å². The number of esters is 1. The number of Topliss-reactive ketones (excluding diaryl/α,β-unsaturated/α-hetero) is 1. The van der Waals surface area contributed by atoms with E-state index in [0.29, 0.717) is 22.6 Å². The highest BCUT2D eigenvalue weighted by molar-refractivity contribution is 7.20. The molecule has 4 aromatic rings. The van der Waals surface area contributed by atoms with Gasteiger partial charge < -0.3 is 4.74 Å². The van der Waals surface area contributed by atoms with E-state index in [1.807, 2.05) is 48.0 Å². The van der Waals surface area contributed by atoms with Gasteiger partial charge in [0.05, 0.1) is 11.4 Å². The average molecular weight is 419 g/mol. The number of ketones is 1. The molecule has 0 bridgehead atoms. The lowest BCUT2D eigenvalue weighted by atomic mass is 10.1. The number of benzene rings is 2. The Kier molecular flexibility index (Phi) is 5.77. The monoisotopic (exact) mass is 418 g/mol. The van der Waals surface area contributed by atoms with Gasteiger partial charge in [0.15, 0.2) is 5.78 Å². The van der Waals surface area contributed by atoms with Crippen molar-refractivity contribution < 1.29 is 14.3 Å². The fourth-order valence-electron chi connectivity index (χ4n) is 3.24. The Morgan fingerprint density at radius 3 is 2.50 bits per heavy atom. The number of aromatic nitrogens is 2. The Morgan fingerprint density at radius 2 is 1.80 bits per heavy atom. The van der Waals surface area contributed by atoms with E-state index >= 15 is 0 Å². The molecular formula is C24H22N2O3S. The number of rotatable bonds is 7. The number of hydrogen-bond acceptors (Lipinski definition) is 5.